The third-order valence-electron chi connectivity index (χ3n) is 3.29. The van der Waals surface area contributed by atoms with Gasteiger partial charge in [-0.05, 0) is 37.3 Å². The van der Waals surface area contributed by atoms with Gasteiger partial charge in [0.1, 0.15) is 0 Å². The van der Waals surface area contributed by atoms with Crippen LogP contribution < -0.4 is 5.32 Å². The highest BCUT2D eigenvalue weighted by Crippen LogP contribution is 2.25. The van der Waals surface area contributed by atoms with E-state index in [2.05, 4.69) is 24.5 Å². The SMILES string of the molecule is CC(CN1CCCC1=O)NC(C)c1csc(Cl)c1. The molecule has 1 amide bonds. The lowest BCUT2D eigenvalue weighted by Crippen LogP contribution is -2.40. The van der Waals surface area contributed by atoms with Gasteiger partial charge in [0.05, 0.1) is 4.34 Å². The molecule has 2 atom stereocenters. The quantitative estimate of drug-likeness (QED) is 0.902. The topological polar surface area (TPSA) is 32.3 Å². The van der Waals surface area contributed by atoms with Crippen molar-refractivity contribution in [3.8, 4) is 0 Å². The maximum absolute atomic E-state index is 11.6. The van der Waals surface area contributed by atoms with Crippen molar-refractivity contribution >= 4 is 28.8 Å². The number of amides is 1. The molecule has 1 aromatic heterocycles. The molecule has 100 valence electrons. The largest absolute Gasteiger partial charge is 0.341 e. The molecule has 18 heavy (non-hydrogen) atoms. The van der Waals surface area contributed by atoms with Crippen molar-refractivity contribution in [1.29, 1.82) is 0 Å². The number of nitrogens with one attached hydrogen (secondary N) is 1. The summed E-state index contributed by atoms with van der Waals surface area (Å²) >= 11 is 7.49. The Morgan fingerprint density at radius 1 is 1.56 bits per heavy atom. The highest BCUT2D eigenvalue weighted by molar-refractivity contribution is 7.14. The average molecular weight is 287 g/mol. The zero-order valence-electron chi connectivity index (χ0n) is 10.8. The van der Waals surface area contributed by atoms with E-state index in [9.17, 15) is 4.79 Å². The monoisotopic (exact) mass is 286 g/mol. The lowest BCUT2D eigenvalue weighted by molar-refractivity contribution is -0.127. The number of likely N-dealkylation sites (tertiary alicyclic amines) is 1. The highest BCUT2D eigenvalue weighted by atomic mass is 35.5. The maximum Gasteiger partial charge on any atom is 0.222 e. The van der Waals surface area contributed by atoms with Crippen LogP contribution in [0.15, 0.2) is 11.4 Å². The van der Waals surface area contributed by atoms with Crippen molar-refractivity contribution in [1.82, 2.24) is 10.2 Å². The molecule has 1 saturated heterocycles. The summed E-state index contributed by atoms with van der Waals surface area (Å²) < 4.78 is 0.820. The molecule has 1 aliphatic heterocycles. The van der Waals surface area contributed by atoms with Crippen LogP contribution in [0, 0.1) is 0 Å². The van der Waals surface area contributed by atoms with Crippen LogP contribution in [-0.4, -0.2) is 29.9 Å². The predicted molar refractivity (Wildman–Crippen MR) is 76.2 cm³/mol. The third kappa shape index (κ3) is 3.46. The molecule has 1 aliphatic rings. The molecular weight excluding hydrogens is 268 g/mol. The van der Waals surface area contributed by atoms with Crippen LogP contribution in [0.25, 0.3) is 0 Å². The number of thiophene rings is 1. The smallest absolute Gasteiger partial charge is 0.222 e. The second-order valence-electron chi connectivity index (χ2n) is 4.92. The molecule has 2 rings (SSSR count). The van der Waals surface area contributed by atoms with E-state index in [1.807, 2.05) is 11.0 Å². The molecular formula is C13H19ClN2OS. The number of nitrogens with zero attached hydrogens (tertiary/aromatic N) is 1. The minimum atomic E-state index is 0.265. The molecule has 0 saturated carbocycles. The molecule has 0 aromatic carbocycles. The van der Waals surface area contributed by atoms with Crippen molar-refractivity contribution in [2.24, 2.45) is 0 Å². The van der Waals surface area contributed by atoms with Crippen LogP contribution in [-0.2, 0) is 4.79 Å². The molecule has 0 radical (unpaired) electrons. The van der Waals surface area contributed by atoms with Gasteiger partial charge in [0, 0.05) is 31.6 Å². The summed E-state index contributed by atoms with van der Waals surface area (Å²) in [5.74, 6) is 0.287. The van der Waals surface area contributed by atoms with Crippen molar-refractivity contribution in [3.63, 3.8) is 0 Å². The molecule has 0 spiro atoms. The summed E-state index contributed by atoms with van der Waals surface area (Å²) in [5, 5.41) is 5.59. The van der Waals surface area contributed by atoms with Crippen LogP contribution in [0.2, 0.25) is 4.34 Å². The summed E-state index contributed by atoms with van der Waals surface area (Å²) in [5.41, 5.74) is 1.21. The lowest BCUT2D eigenvalue weighted by Gasteiger charge is -2.24. The Labute approximate surface area is 117 Å². The standard InChI is InChI=1S/C13H19ClN2OS/c1-9(7-16-5-3-4-13(16)17)15-10(2)11-6-12(14)18-8-11/h6,8-10,15H,3-5,7H2,1-2H3. The van der Waals surface area contributed by atoms with Gasteiger partial charge in [-0.1, -0.05) is 11.6 Å². The molecule has 3 nitrogen and oxygen atoms in total. The number of hydrogen-bond donors (Lipinski definition) is 1. The Bertz CT molecular complexity index is 421. The van der Waals surface area contributed by atoms with Gasteiger partial charge in [0.15, 0.2) is 0 Å². The van der Waals surface area contributed by atoms with E-state index in [4.69, 9.17) is 11.6 Å². The number of hydrogen-bond acceptors (Lipinski definition) is 3. The first-order chi connectivity index (χ1) is 8.56. The molecule has 2 heterocycles. The molecule has 0 aliphatic carbocycles. The number of carbonyl (C=O) groups is 1. The normalized spacial score (nSPS) is 19.3. The number of halogens is 1. The van der Waals surface area contributed by atoms with E-state index < -0.39 is 0 Å². The van der Waals surface area contributed by atoms with Gasteiger partial charge in [0.25, 0.3) is 0 Å². The van der Waals surface area contributed by atoms with E-state index in [0.717, 1.165) is 23.8 Å². The third-order valence-corrected chi connectivity index (χ3v) is 4.40. The maximum atomic E-state index is 11.6. The van der Waals surface area contributed by atoms with E-state index in [0.29, 0.717) is 12.5 Å². The van der Waals surface area contributed by atoms with Crippen LogP contribution >= 0.6 is 22.9 Å². The van der Waals surface area contributed by atoms with E-state index in [1.54, 1.807) is 11.3 Å². The molecule has 1 aromatic rings. The molecule has 5 heteroatoms. The van der Waals surface area contributed by atoms with Gasteiger partial charge in [-0.25, -0.2) is 0 Å². The fourth-order valence-electron chi connectivity index (χ4n) is 2.35. The fraction of sp³-hybridized carbons (Fsp3) is 0.615. The van der Waals surface area contributed by atoms with Gasteiger partial charge in [-0.3, -0.25) is 4.79 Å². The summed E-state index contributed by atoms with van der Waals surface area (Å²) in [7, 11) is 0. The van der Waals surface area contributed by atoms with Crippen LogP contribution in [0.1, 0.15) is 38.3 Å². The van der Waals surface area contributed by atoms with Crippen LogP contribution in [0.3, 0.4) is 0 Å². The lowest BCUT2D eigenvalue weighted by atomic mass is 10.1. The van der Waals surface area contributed by atoms with Gasteiger partial charge in [0.2, 0.25) is 5.91 Å². The second kappa shape index (κ2) is 6.04. The first kappa shape index (κ1) is 13.8. The van der Waals surface area contributed by atoms with Crippen molar-refractivity contribution in [3.05, 3.63) is 21.3 Å². The summed E-state index contributed by atoms with van der Waals surface area (Å²) in [6, 6.07) is 2.56. The average Bonchev–Trinajstić information content (AvgIpc) is 2.89. The number of rotatable bonds is 5. The Balaban J connectivity index is 1.83. The highest BCUT2D eigenvalue weighted by Gasteiger charge is 2.22. The summed E-state index contributed by atoms with van der Waals surface area (Å²) in [6.45, 7) is 5.95. The first-order valence-corrected chi connectivity index (χ1v) is 7.60. The zero-order valence-corrected chi connectivity index (χ0v) is 12.4. The summed E-state index contributed by atoms with van der Waals surface area (Å²) in [6.07, 6.45) is 1.71. The summed E-state index contributed by atoms with van der Waals surface area (Å²) in [4.78, 5) is 13.5. The van der Waals surface area contributed by atoms with Crippen molar-refractivity contribution in [2.45, 2.75) is 38.8 Å². The van der Waals surface area contributed by atoms with Crippen LogP contribution in [0.5, 0.6) is 0 Å². The van der Waals surface area contributed by atoms with E-state index in [1.165, 1.54) is 5.56 Å². The second-order valence-corrected chi connectivity index (χ2v) is 6.46. The van der Waals surface area contributed by atoms with Crippen molar-refractivity contribution in [2.75, 3.05) is 13.1 Å². The molecule has 0 bridgehead atoms. The van der Waals surface area contributed by atoms with E-state index in [-0.39, 0.29) is 11.9 Å². The van der Waals surface area contributed by atoms with Gasteiger partial charge >= 0.3 is 0 Å². The van der Waals surface area contributed by atoms with Gasteiger partial charge < -0.3 is 10.2 Å². The Morgan fingerprint density at radius 3 is 2.89 bits per heavy atom. The predicted octanol–water partition coefficient (Wildman–Crippen LogP) is 3.06. The number of carbonyl (C=O) groups excluding carboxylic acids is 1. The van der Waals surface area contributed by atoms with Gasteiger partial charge in [-0.15, -0.1) is 11.3 Å². The van der Waals surface area contributed by atoms with E-state index >= 15 is 0 Å². The molecule has 2 unspecified atom stereocenters. The molecule has 1 fully saturated rings. The van der Waals surface area contributed by atoms with Gasteiger partial charge in [-0.2, -0.15) is 0 Å². The first-order valence-electron chi connectivity index (χ1n) is 6.34. The Hall–Kier alpha value is -0.580. The minimum absolute atomic E-state index is 0.265. The van der Waals surface area contributed by atoms with Crippen LogP contribution in [0.4, 0.5) is 0 Å². The van der Waals surface area contributed by atoms with Crippen molar-refractivity contribution < 1.29 is 4.79 Å². The fourth-order valence-corrected chi connectivity index (χ4v) is 3.34. The Morgan fingerprint density at radius 2 is 2.33 bits per heavy atom. The zero-order chi connectivity index (χ0) is 13.1. The Kier molecular flexibility index (Phi) is 4.65. The minimum Gasteiger partial charge on any atom is -0.341 e. The molecule has 1 N–H and O–H groups in total.